The Morgan fingerprint density at radius 1 is 1.06 bits per heavy atom. The number of aromatic nitrogens is 2. The van der Waals surface area contributed by atoms with E-state index in [4.69, 9.17) is 23.9 Å². The van der Waals surface area contributed by atoms with Crippen LogP contribution < -0.4 is 24.8 Å². The number of methoxy groups -OCH3 is 3. The second kappa shape index (κ2) is 9.75. The first-order valence-electron chi connectivity index (χ1n) is 11.9. The van der Waals surface area contributed by atoms with Crippen molar-refractivity contribution in [3.63, 3.8) is 0 Å². The van der Waals surface area contributed by atoms with Crippen molar-refractivity contribution in [2.75, 3.05) is 71.0 Å². The zero-order chi connectivity index (χ0) is 24.5. The van der Waals surface area contributed by atoms with Crippen LogP contribution in [0, 0.1) is 0 Å². The van der Waals surface area contributed by atoms with E-state index < -0.39 is 0 Å². The van der Waals surface area contributed by atoms with Crippen molar-refractivity contribution in [1.82, 2.24) is 9.55 Å². The molecule has 186 valence electrons. The molecule has 2 aliphatic rings. The lowest BCUT2D eigenvalue weighted by Gasteiger charge is -2.34. The van der Waals surface area contributed by atoms with Crippen LogP contribution in [-0.2, 0) is 15.9 Å². The van der Waals surface area contributed by atoms with Crippen LogP contribution in [0.2, 0.25) is 0 Å². The Morgan fingerprint density at radius 3 is 2.66 bits per heavy atom. The second-order valence-corrected chi connectivity index (χ2v) is 9.11. The maximum atomic E-state index is 13.6. The number of anilines is 2. The zero-order valence-electron chi connectivity index (χ0n) is 20.7. The van der Waals surface area contributed by atoms with E-state index in [9.17, 15) is 4.79 Å². The molecule has 2 atom stereocenters. The van der Waals surface area contributed by atoms with Gasteiger partial charge in [-0.25, -0.2) is 4.98 Å². The molecule has 0 bridgehead atoms. The standard InChI is InChI=1S/C26H32N4O5/c1-28-14-19(11-17-5-8-23(33-3)24(12-17)34-4)30-25(31)21-7-6-18(13-22(21)27-26(28)30)29-9-10-35-20(15-29)16-32-2/h5-8,12-13,19-20H,9-11,14-16H2,1-4H3/t19?,20-/m1/s1. The molecular weight excluding hydrogens is 448 g/mol. The molecule has 0 N–H and O–H groups in total. The van der Waals surface area contributed by atoms with Gasteiger partial charge in [-0.3, -0.25) is 9.36 Å². The molecule has 35 heavy (non-hydrogen) atoms. The molecule has 2 aromatic carbocycles. The minimum Gasteiger partial charge on any atom is -0.493 e. The fourth-order valence-electron chi connectivity index (χ4n) is 5.13. The van der Waals surface area contributed by atoms with Crippen LogP contribution in [0.3, 0.4) is 0 Å². The van der Waals surface area contributed by atoms with Crippen molar-refractivity contribution in [2.45, 2.75) is 18.6 Å². The van der Waals surface area contributed by atoms with Crippen molar-refractivity contribution < 1.29 is 18.9 Å². The maximum absolute atomic E-state index is 13.6. The van der Waals surface area contributed by atoms with Crippen LogP contribution in [0.1, 0.15) is 11.6 Å². The highest BCUT2D eigenvalue weighted by Crippen LogP contribution is 2.33. The summed E-state index contributed by atoms with van der Waals surface area (Å²) in [6, 6.07) is 11.8. The summed E-state index contributed by atoms with van der Waals surface area (Å²) >= 11 is 0. The van der Waals surface area contributed by atoms with Crippen LogP contribution in [0.25, 0.3) is 10.9 Å². The first-order valence-corrected chi connectivity index (χ1v) is 11.9. The minimum absolute atomic E-state index is 0.00869. The summed E-state index contributed by atoms with van der Waals surface area (Å²) in [5.74, 6) is 2.07. The van der Waals surface area contributed by atoms with E-state index in [1.54, 1.807) is 21.3 Å². The van der Waals surface area contributed by atoms with Gasteiger partial charge < -0.3 is 28.7 Å². The highest BCUT2D eigenvalue weighted by molar-refractivity contribution is 5.83. The molecule has 0 amide bonds. The van der Waals surface area contributed by atoms with Crippen LogP contribution in [0.5, 0.6) is 11.5 Å². The van der Waals surface area contributed by atoms with E-state index >= 15 is 0 Å². The molecule has 1 unspecified atom stereocenters. The number of likely N-dealkylation sites (N-methyl/N-ethyl adjacent to an activating group) is 1. The molecule has 0 saturated carbocycles. The Bertz CT molecular complexity index is 1270. The number of rotatable bonds is 7. The molecule has 3 heterocycles. The largest absolute Gasteiger partial charge is 0.493 e. The van der Waals surface area contributed by atoms with Crippen LogP contribution >= 0.6 is 0 Å². The molecule has 9 nitrogen and oxygen atoms in total. The molecule has 3 aromatic rings. The highest BCUT2D eigenvalue weighted by atomic mass is 16.5. The molecule has 1 aromatic heterocycles. The Hall–Kier alpha value is -3.30. The fraction of sp³-hybridized carbons (Fsp3) is 0.462. The molecule has 1 saturated heterocycles. The number of fused-ring (bicyclic) bond motifs is 2. The molecule has 5 rings (SSSR count). The lowest BCUT2D eigenvalue weighted by molar-refractivity contribution is -0.0100. The third-order valence-corrected chi connectivity index (χ3v) is 6.83. The molecular formula is C26H32N4O5. The molecule has 9 heteroatoms. The molecule has 1 fully saturated rings. The van der Waals surface area contributed by atoms with Crippen molar-refractivity contribution in [3.8, 4) is 11.5 Å². The number of hydrogen-bond donors (Lipinski definition) is 0. The van der Waals surface area contributed by atoms with Crippen LogP contribution in [0.15, 0.2) is 41.2 Å². The molecule has 0 spiro atoms. The van der Waals surface area contributed by atoms with Crippen molar-refractivity contribution >= 4 is 22.5 Å². The third kappa shape index (κ3) is 4.41. The number of morpholine rings is 1. The highest BCUT2D eigenvalue weighted by Gasteiger charge is 2.30. The first kappa shape index (κ1) is 23.4. The Balaban J connectivity index is 1.46. The van der Waals surface area contributed by atoms with E-state index in [1.807, 2.05) is 48.0 Å². The van der Waals surface area contributed by atoms with Crippen molar-refractivity contribution in [3.05, 3.63) is 52.3 Å². The summed E-state index contributed by atoms with van der Waals surface area (Å²) in [4.78, 5) is 22.9. The number of hydrogen-bond acceptors (Lipinski definition) is 8. The molecule has 0 aliphatic carbocycles. The van der Waals surface area contributed by atoms with E-state index in [1.165, 1.54) is 0 Å². The summed E-state index contributed by atoms with van der Waals surface area (Å²) in [5, 5.41) is 0.631. The smallest absolute Gasteiger partial charge is 0.263 e. The van der Waals surface area contributed by atoms with E-state index in [0.29, 0.717) is 54.5 Å². The van der Waals surface area contributed by atoms with Gasteiger partial charge in [0.05, 0.1) is 50.5 Å². The lowest BCUT2D eigenvalue weighted by Crippen LogP contribution is -2.44. The quantitative estimate of drug-likeness (QED) is 0.511. The second-order valence-electron chi connectivity index (χ2n) is 9.11. The van der Waals surface area contributed by atoms with Gasteiger partial charge >= 0.3 is 0 Å². The van der Waals surface area contributed by atoms with Crippen molar-refractivity contribution in [2.24, 2.45) is 0 Å². The van der Waals surface area contributed by atoms with E-state index in [-0.39, 0.29) is 17.7 Å². The van der Waals surface area contributed by atoms with Gasteiger partial charge in [-0.2, -0.15) is 0 Å². The number of ether oxygens (including phenoxy) is 4. The summed E-state index contributed by atoms with van der Waals surface area (Å²) in [5.41, 5.74) is 2.83. The number of nitrogens with zero attached hydrogens (tertiary/aromatic N) is 4. The van der Waals surface area contributed by atoms with Gasteiger partial charge in [0.15, 0.2) is 11.5 Å². The minimum atomic E-state index is -0.0220. The van der Waals surface area contributed by atoms with Gasteiger partial charge in [-0.1, -0.05) is 6.07 Å². The van der Waals surface area contributed by atoms with Crippen LogP contribution in [-0.4, -0.2) is 76.9 Å². The third-order valence-electron chi connectivity index (χ3n) is 6.83. The van der Waals surface area contributed by atoms with Gasteiger partial charge in [0, 0.05) is 39.5 Å². The van der Waals surface area contributed by atoms with Gasteiger partial charge in [-0.05, 0) is 42.3 Å². The van der Waals surface area contributed by atoms with E-state index in [2.05, 4.69) is 9.80 Å². The Kier molecular flexibility index (Phi) is 6.53. The predicted octanol–water partition coefficient (Wildman–Crippen LogP) is 2.50. The average molecular weight is 481 g/mol. The fourth-order valence-corrected chi connectivity index (χ4v) is 5.13. The summed E-state index contributed by atoms with van der Waals surface area (Å²) in [6.07, 6.45) is 0.726. The van der Waals surface area contributed by atoms with Gasteiger partial charge in [0.25, 0.3) is 5.56 Å². The zero-order valence-corrected chi connectivity index (χ0v) is 20.7. The van der Waals surface area contributed by atoms with Gasteiger partial charge in [-0.15, -0.1) is 0 Å². The SMILES string of the molecule is COC[C@H]1CN(c2ccc3c(=O)n4c(nc3c2)N(C)CC4Cc2ccc(OC)c(OC)c2)CCO1. The molecule has 2 aliphatic heterocycles. The number of benzene rings is 2. The van der Waals surface area contributed by atoms with Gasteiger partial charge in [0.1, 0.15) is 0 Å². The topological polar surface area (TPSA) is 78.3 Å². The van der Waals surface area contributed by atoms with Crippen LogP contribution in [0.4, 0.5) is 11.6 Å². The van der Waals surface area contributed by atoms with Gasteiger partial charge in [0.2, 0.25) is 5.95 Å². The maximum Gasteiger partial charge on any atom is 0.263 e. The lowest BCUT2D eigenvalue weighted by atomic mass is 10.1. The first-order chi connectivity index (χ1) is 17.0. The van der Waals surface area contributed by atoms with Crippen molar-refractivity contribution in [1.29, 1.82) is 0 Å². The summed E-state index contributed by atoms with van der Waals surface area (Å²) in [6.45, 7) is 3.46. The predicted molar refractivity (Wildman–Crippen MR) is 135 cm³/mol. The Morgan fingerprint density at radius 2 is 1.89 bits per heavy atom. The average Bonchev–Trinajstić information content (AvgIpc) is 3.18. The summed E-state index contributed by atoms with van der Waals surface area (Å²) in [7, 11) is 6.92. The molecule has 0 radical (unpaired) electrons. The van der Waals surface area contributed by atoms with E-state index in [0.717, 1.165) is 24.3 Å². The summed E-state index contributed by atoms with van der Waals surface area (Å²) < 4.78 is 23.7. The normalized spacial score (nSPS) is 19.8. The monoisotopic (exact) mass is 480 g/mol. The Labute approximate surface area is 204 Å².